The summed E-state index contributed by atoms with van der Waals surface area (Å²) in [5.74, 6) is -0.404. The molecule has 0 bridgehead atoms. The van der Waals surface area contributed by atoms with E-state index < -0.39 is 12.3 Å². The molecule has 0 aromatic heterocycles. The smallest absolute Gasteiger partial charge is 0.315 e. The lowest BCUT2D eigenvalue weighted by atomic mass is 10.3. The van der Waals surface area contributed by atoms with Crippen LogP contribution in [0.5, 0.6) is 5.75 Å². The highest BCUT2D eigenvalue weighted by Crippen LogP contribution is 2.17. The van der Waals surface area contributed by atoms with Crippen molar-refractivity contribution in [3.8, 4) is 5.75 Å². The molecule has 0 fully saturated rings. The highest BCUT2D eigenvalue weighted by Gasteiger charge is 2.10. The van der Waals surface area contributed by atoms with Crippen LogP contribution in [0.25, 0.3) is 0 Å². The van der Waals surface area contributed by atoms with Gasteiger partial charge in [-0.25, -0.2) is 4.39 Å². The molecule has 3 nitrogen and oxygen atoms in total. The molecule has 0 aliphatic rings. The number of rotatable bonds is 5. The summed E-state index contributed by atoms with van der Waals surface area (Å²) in [5, 5.41) is 0. The third kappa shape index (κ3) is 2.97. The van der Waals surface area contributed by atoms with Gasteiger partial charge in [-0.3, -0.25) is 0 Å². The predicted molar refractivity (Wildman–Crippen MR) is 48.3 cm³/mol. The number of methoxy groups -OCH3 is 1. The molecule has 77 valence electrons. The zero-order valence-electron chi connectivity index (χ0n) is 8.12. The van der Waals surface area contributed by atoms with E-state index >= 15 is 0 Å². The Morgan fingerprint density at radius 3 is 2.93 bits per heavy atom. The summed E-state index contributed by atoms with van der Waals surface area (Å²) in [4.78, 5) is 0. The van der Waals surface area contributed by atoms with Gasteiger partial charge in [0.1, 0.15) is 0 Å². The first-order valence-electron chi connectivity index (χ1n) is 4.24. The number of halogens is 1. The van der Waals surface area contributed by atoms with Crippen LogP contribution in [0.3, 0.4) is 0 Å². The molecule has 1 radical (unpaired) electrons. The Morgan fingerprint density at radius 2 is 2.36 bits per heavy atom. The topological polar surface area (TPSA) is 27.7 Å². The average Bonchev–Trinajstić information content (AvgIpc) is 2.20. The van der Waals surface area contributed by atoms with Crippen LogP contribution in [0.15, 0.2) is 18.2 Å². The minimum absolute atomic E-state index is 0.0871. The van der Waals surface area contributed by atoms with Crippen molar-refractivity contribution < 1.29 is 18.6 Å². The maximum absolute atomic E-state index is 13.1. The Labute approximate surface area is 82.4 Å². The van der Waals surface area contributed by atoms with Crippen molar-refractivity contribution in [1.82, 2.24) is 0 Å². The molecule has 0 amide bonds. The molecule has 0 N–H and O–H groups in total. The van der Waals surface area contributed by atoms with E-state index in [0.717, 1.165) is 0 Å². The highest BCUT2D eigenvalue weighted by molar-refractivity contribution is 5.22. The van der Waals surface area contributed by atoms with Gasteiger partial charge >= 0.3 is 6.48 Å². The van der Waals surface area contributed by atoms with Crippen LogP contribution in [-0.2, 0) is 9.47 Å². The molecule has 1 atom stereocenters. The Balaban J connectivity index is 2.62. The molecule has 0 saturated heterocycles. The quantitative estimate of drug-likeness (QED) is 0.678. The zero-order chi connectivity index (χ0) is 10.4. The third-order valence-electron chi connectivity index (χ3n) is 1.49. The monoisotopic (exact) mass is 199 g/mol. The Kier molecular flexibility index (Phi) is 4.35. The minimum Gasteiger partial charge on any atom is -0.438 e. The second-order valence-corrected chi connectivity index (χ2v) is 2.45. The normalized spacial score (nSPS) is 12.5. The fourth-order valence-corrected chi connectivity index (χ4v) is 0.881. The Hall–Kier alpha value is -1.13. The van der Waals surface area contributed by atoms with Gasteiger partial charge in [-0.05, 0) is 25.1 Å². The van der Waals surface area contributed by atoms with Crippen LogP contribution >= 0.6 is 0 Å². The van der Waals surface area contributed by atoms with E-state index in [-0.39, 0.29) is 5.75 Å². The van der Waals surface area contributed by atoms with Gasteiger partial charge in [0.25, 0.3) is 0 Å². The minimum atomic E-state index is -0.878. The first-order chi connectivity index (χ1) is 6.77. The van der Waals surface area contributed by atoms with E-state index in [1.807, 2.05) is 0 Å². The van der Waals surface area contributed by atoms with Crippen molar-refractivity contribution in [2.75, 3.05) is 13.7 Å². The van der Waals surface area contributed by atoms with E-state index in [9.17, 15) is 4.39 Å². The first-order valence-corrected chi connectivity index (χ1v) is 4.24. The number of hydrogen-bond donors (Lipinski definition) is 0. The summed E-state index contributed by atoms with van der Waals surface area (Å²) in [6, 6.07) is 6.79. The number of ether oxygens (including phenoxy) is 3. The Morgan fingerprint density at radius 1 is 1.57 bits per heavy atom. The van der Waals surface area contributed by atoms with Gasteiger partial charge in [-0.15, -0.1) is 0 Å². The van der Waals surface area contributed by atoms with Crippen molar-refractivity contribution in [3.05, 3.63) is 30.1 Å². The fourth-order valence-electron chi connectivity index (χ4n) is 0.881. The molecule has 14 heavy (non-hydrogen) atoms. The molecule has 0 heterocycles. The van der Waals surface area contributed by atoms with Gasteiger partial charge in [0.2, 0.25) is 0 Å². The molecule has 0 spiro atoms. The summed E-state index contributed by atoms with van der Waals surface area (Å²) in [7, 11) is 1.42. The molecule has 1 aromatic rings. The van der Waals surface area contributed by atoms with Gasteiger partial charge in [0.05, 0.1) is 6.61 Å². The van der Waals surface area contributed by atoms with Gasteiger partial charge in [-0.1, -0.05) is 6.07 Å². The molecule has 0 aliphatic carbocycles. The van der Waals surface area contributed by atoms with Gasteiger partial charge < -0.3 is 14.2 Å². The summed E-state index contributed by atoms with van der Waals surface area (Å²) in [5.41, 5.74) is 0. The number of hydrogen-bond acceptors (Lipinski definition) is 3. The van der Waals surface area contributed by atoms with Gasteiger partial charge in [0, 0.05) is 7.11 Å². The van der Waals surface area contributed by atoms with Crippen LogP contribution in [0.1, 0.15) is 6.92 Å². The SMILES string of the molecule is CCOC(OC)Oc1cc[c]cc1F. The average molecular weight is 199 g/mol. The maximum Gasteiger partial charge on any atom is 0.315 e. The zero-order valence-corrected chi connectivity index (χ0v) is 8.12. The summed E-state index contributed by atoms with van der Waals surface area (Å²) >= 11 is 0. The van der Waals surface area contributed by atoms with E-state index in [0.29, 0.717) is 6.61 Å². The molecule has 1 unspecified atom stereocenters. The lowest BCUT2D eigenvalue weighted by molar-refractivity contribution is -0.232. The molecule has 0 aliphatic heterocycles. The lowest BCUT2D eigenvalue weighted by Crippen LogP contribution is -2.22. The molecular weight excluding hydrogens is 187 g/mol. The standard InChI is InChI=1S/C10H12FO3/c1-3-13-10(12-2)14-9-7-5-4-6-8(9)11/h5-7,10H,3H2,1-2H3. The molecule has 0 saturated carbocycles. The molecule has 1 rings (SSSR count). The van der Waals surface area contributed by atoms with E-state index in [4.69, 9.17) is 14.2 Å². The second kappa shape index (κ2) is 5.57. The largest absolute Gasteiger partial charge is 0.438 e. The van der Waals surface area contributed by atoms with E-state index in [1.54, 1.807) is 13.0 Å². The van der Waals surface area contributed by atoms with Crippen molar-refractivity contribution >= 4 is 0 Å². The summed E-state index contributed by atoms with van der Waals surface area (Å²) in [6.07, 6.45) is 0. The van der Waals surface area contributed by atoms with Crippen LogP contribution in [-0.4, -0.2) is 20.2 Å². The molecule has 1 aromatic carbocycles. The molecule has 4 heteroatoms. The van der Waals surface area contributed by atoms with Crippen molar-refractivity contribution in [1.29, 1.82) is 0 Å². The Bertz CT molecular complexity index is 278. The predicted octanol–water partition coefficient (Wildman–Crippen LogP) is 1.97. The first kappa shape index (κ1) is 10.9. The number of benzene rings is 1. The maximum atomic E-state index is 13.1. The van der Waals surface area contributed by atoms with Gasteiger partial charge in [0.15, 0.2) is 11.6 Å². The fraction of sp³-hybridized carbons (Fsp3) is 0.400. The van der Waals surface area contributed by atoms with Crippen LogP contribution in [0.4, 0.5) is 4.39 Å². The molecular formula is C10H12FO3. The van der Waals surface area contributed by atoms with Crippen molar-refractivity contribution in [2.24, 2.45) is 0 Å². The third-order valence-corrected chi connectivity index (χ3v) is 1.49. The van der Waals surface area contributed by atoms with E-state index in [1.165, 1.54) is 19.2 Å². The van der Waals surface area contributed by atoms with Gasteiger partial charge in [-0.2, -0.15) is 0 Å². The van der Waals surface area contributed by atoms with Crippen LogP contribution < -0.4 is 4.74 Å². The van der Waals surface area contributed by atoms with Crippen molar-refractivity contribution in [2.45, 2.75) is 13.4 Å². The summed E-state index contributed by atoms with van der Waals surface area (Å²) in [6.45, 7) is 1.35. The van der Waals surface area contributed by atoms with Crippen LogP contribution in [0, 0.1) is 11.9 Å². The lowest BCUT2D eigenvalue weighted by Gasteiger charge is -2.16. The van der Waals surface area contributed by atoms with Crippen LogP contribution in [0.2, 0.25) is 0 Å². The summed E-state index contributed by atoms with van der Waals surface area (Å²) < 4.78 is 28.0. The highest BCUT2D eigenvalue weighted by atomic mass is 19.1. The van der Waals surface area contributed by atoms with E-state index in [2.05, 4.69) is 6.07 Å². The second-order valence-electron chi connectivity index (χ2n) is 2.45. The van der Waals surface area contributed by atoms with Crippen molar-refractivity contribution in [3.63, 3.8) is 0 Å².